The fraction of sp³-hybridized carbons (Fsp3) is 0.389. The number of ether oxygens (including phenoxy) is 1. The minimum absolute atomic E-state index is 0.204. The van der Waals surface area contributed by atoms with Crippen LogP contribution in [0.5, 0.6) is 5.75 Å². The maximum Gasteiger partial charge on any atom is 0.267 e. The molecule has 1 aliphatic rings. The predicted molar refractivity (Wildman–Crippen MR) is 108 cm³/mol. The first-order chi connectivity index (χ1) is 13.6. The van der Waals surface area contributed by atoms with Crippen LogP contribution in [0.1, 0.15) is 24.5 Å². The number of aryl methyl sites for hydroxylation is 1. The molecule has 1 saturated heterocycles. The highest BCUT2D eigenvalue weighted by Crippen LogP contribution is 2.36. The van der Waals surface area contributed by atoms with Crippen LogP contribution >= 0.6 is 11.3 Å². The molecule has 140 valence electrons. The maximum absolute atomic E-state index is 9.08. The van der Waals surface area contributed by atoms with Crippen molar-refractivity contribution < 1.29 is 4.74 Å². The van der Waals surface area contributed by atoms with E-state index in [1.807, 2.05) is 22.8 Å². The zero-order chi connectivity index (χ0) is 19.3. The molecule has 1 aliphatic heterocycles. The van der Waals surface area contributed by atoms with E-state index < -0.39 is 0 Å². The Bertz CT molecular complexity index is 1180. The van der Waals surface area contributed by atoms with Gasteiger partial charge in [0.1, 0.15) is 16.3 Å². The van der Waals surface area contributed by atoms with Crippen molar-refractivity contribution in [3.8, 4) is 22.3 Å². The van der Waals surface area contributed by atoms with Crippen LogP contribution in [0.15, 0.2) is 18.3 Å². The molecule has 8 nitrogen and oxygen atoms in total. The molecular formula is C18H18BN7OS. The first-order valence-electron chi connectivity index (χ1n) is 9.29. The van der Waals surface area contributed by atoms with Crippen molar-refractivity contribution in [2.75, 3.05) is 7.11 Å². The van der Waals surface area contributed by atoms with Crippen molar-refractivity contribution in [1.82, 2.24) is 29.6 Å². The number of nitrogens with zero attached hydrogens (tertiary/aromatic N) is 7. The summed E-state index contributed by atoms with van der Waals surface area (Å²) in [6.45, 7) is 0.204. The molecule has 10 heteroatoms. The van der Waals surface area contributed by atoms with Gasteiger partial charge in [0.2, 0.25) is 4.96 Å². The smallest absolute Gasteiger partial charge is 0.267 e. The van der Waals surface area contributed by atoms with Crippen LogP contribution in [-0.2, 0) is 7.05 Å². The van der Waals surface area contributed by atoms with E-state index in [-0.39, 0.29) is 6.71 Å². The molecule has 0 N–H and O–H groups in total. The molecule has 4 heterocycles. The topological polar surface area (TPSA) is 93.9 Å². The summed E-state index contributed by atoms with van der Waals surface area (Å²) in [6, 6.07) is 3.92. The molecular weight excluding hydrogens is 373 g/mol. The summed E-state index contributed by atoms with van der Waals surface area (Å²) in [4.78, 5) is 7.24. The number of aromatic nitrogens is 6. The van der Waals surface area contributed by atoms with E-state index in [0.717, 1.165) is 57.7 Å². The SMILES string of the molecule is COc1cc(-c2nn3cc(C4CCB(C#N)CC4)nc3s2)cc2nn(C)nc12. The van der Waals surface area contributed by atoms with Gasteiger partial charge in [0.25, 0.3) is 6.71 Å². The van der Waals surface area contributed by atoms with Gasteiger partial charge >= 0.3 is 0 Å². The molecule has 0 saturated carbocycles. The molecule has 0 atom stereocenters. The van der Waals surface area contributed by atoms with Gasteiger partial charge in [0, 0.05) is 24.5 Å². The van der Waals surface area contributed by atoms with Crippen molar-refractivity contribution >= 4 is 34.0 Å². The molecule has 0 aliphatic carbocycles. The van der Waals surface area contributed by atoms with Crippen molar-refractivity contribution in [3.05, 3.63) is 24.0 Å². The van der Waals surface area contributed by atoms with Crippen LogP contribution in [0, 0.1) is 11.2 Å². The second-order valence-corrected chi connectivity index (χ2v) is 8.17. The second-order valence-electron chi connectivity index (χ2n) is 7.21. The Morgan fingerprint density at radius 2 is 2.07 bits per heavy atom. The lowest BCUT2D eigenvalue weighted by Crippen LogP contribution is -2.19. The summed E-state index contributed by atoms with van der Waals surface area (Å²) in [7, 11) is 3.43. The van der Waals surface area contributed by atoms with Gasteiger partial charge in [-0.05, 0) is 12.1 Å². The molecule has 0 spiro atoms. The first kappa shape index (κ1) is 17.2. The van der Waals surface area contributed by atoms with Crippen LogP contribution in [-0.4, -0.2) is 43.4 Å². The Morgan fingerprint density at radius 3 is 2.79 bits per heavy atom. The Balaban J connectivity index is 1.47. The Kier molecular flexibility index (Phi) is 4.05. The van der Waals surface area contributed by atoms with E-state index in [1.165, 1.54) is 0 Å². The monoisotopic (exact) mass is 391 g/mol. The zero-order valence-electron chi connectivity index (χ0n) is 15.7. The van der Waals surface area contributed by atoms with Crippen molar-refractivity contribution in [1.29, 1.82) is 5.26 Å². The van der Waals surface area contributed by atoms with E-state index >= 15 is 0 Å². The van der Waals surface area contributed by atoms with Crippen molar-refractivity contribution in [2.45, 2.75) is 31.4 Å². The molecule has 0 radical (unpaired) electrons. The van der Waals surface area contributed by atoms with Gasteiger partial charge in [-0.25, -0.2) is 14.8 Å². The molecule has 4 aromatic rings. The molecule has 28 heavy (non-hydrogen) atoms. The van der Waals surface area contributed by atoms with E-state index in [1.54, 1.807) is 30.3 Å². The number of rotatable bonds is 3. The number of methoxy groups -OCH3 is 1. The van der Waals surface area contributed by atoms with Crippen LogP contribution in [0.3, 0.4) is 0 Å². The van der Waals surface area contributed by atoms with Crippen LogP contribution < -0.4 is 4.74 Å². The highest BCUT2D eigenvalue weighted by molar-refractivity contribution is 7.19. The second kappa shape index (κ2) is 6.60. The molecule has 5 rings (SSSR count). The molecule has 0 amide bonds. The van der Waals surface area contributed by atoms with E-state index in [2.05, 4.69) is 16.2 Å². The Morgan fingerprint density at radius 1 is 1.25 bits per heavy atom. The summed E-state index contributed by atoms with van der Waals surface area (Å²) >= 11 is 1.55. The lowest BCUT2D eigenvalue weighted by atomic mass is 9.41. The number of hydrogen-bond acceptors (Lipinski definition) is 7. The largest absolute Gasteiger partial charge is 0.494 e. The lowest BCUT2D eigenvalue weighted by Gasteiger charge is -2.21. The molecule has 1 fully saturated rings. The number of fused-ring (bicyclic) bond motifs is 2. The molecule has 0 bridgehead atoms. The third-order valence-electron chi connectivity index (χ3n) is 5.41. The number of hydrogen-bond donors (Lipinski definition) is 0. The van der Waals surface area contributed by atoms with Crippen LogP contribution in [0.2, 0.25) is 12.6 Å². The number of benzene rings is 1. The summed E-state index contributed by atoms with van der Waals surface area (Å²) in [5.41, 5.74) is 3.55. The third-order valence-corrected chi connectivity index (χ3v) is 6.38. The van der Waals surface area contributed by atoms with E-state index in [4.69, 9.17) is 20.1 Å². The highest BCUT2D eigenvalue weighted by Gasteiger charge is 2.27. The minimum atomic E-state index is 0.204. The average Bonchev–Trinajstić information content (AvgIpc) is 3.39. The summed E-state index contributed by atoms with van der Waals surface area (Å²) in [5, 5.41) is 23.4. The first-order valence-corrected chi connectivity index (χ1v) is 10.1. The van der Waals surface area contributed by atoms with Gasteiger partial charge in [0.15, 0.2) is 5.52 Å². The lowest BCUT2D eigenvalue weighted by molar-refractivity contribution is 0.418. The average molecular weight is 391 g/mol. The quantitative estimate of drug-likeness (QED) is 0.498. The van der Waals surface area contributed by atoms with Gasteiger partial charge in [-0.1, -0.05) is 36.8 Å². The van der Waals surface area contributed by atoms with Gasteiger partial charge < -0.3 is 4.74 Å². The van der Waals surface area contributed by atoms with E-state index in [0.29, 0.717) is 11.7 Å². The van der Waals surface area contributed by atoms with Crippen LogP contribution in [0.25, 0.3) is 26.6 Å². The van der Waals surface area contributed by atoms with Crippen molar-refractivity contribution in [2.24, 2.45) is 7.05 Å². The van der Waals surface area contributed by atoms with Gasteiger partial charge in [-0.2, -0.15) is 15.0 Å². The van der Waals surface area contributed by atoms with Gasteiger partial charge in [-0.3, -0.25) is 0 Å². The summed E-state index contributed by atoms with van der Waals surface area (Å²) in [6.07, 6.45) is 6.00. The zero-order valence-corrected chi connectivity index (χ0v) is 16.5. The number of imidazole rings is 1. The molecule has 1 aromatic carbocycles. The normalized spacial score (nSPS) is 15.4. The van der Waals surface area contributed by atoms with E-state index in [9.17, 15) is 0 Å². The fourth-order valence-electron chi connectivity index (χ4n) is 3.92. The fourth-order valence-corrected chi connectivity index (χ4v) is 4.80. The summed E-state index contributed by atoms with van der Waals surface area (Å²) < 4.78 is 7.35. The molecule has 0 unspecified atom stereocenters. The predicted octanol–water partition coefficient (Wildman–Crippen LogP) is 3.18. The highest BCUT2D eigenvalue weighted by atomic mass is 32.1. The van der Waals surface area contributed by atoms with Gasteiger partial charge in [-0.15, -0.1) is 5.10 Å². The molecule has 3 aromatic heterocycles. The van der Waals surface area contributed by atoms with Gasteiger partial charge in [0.05, 0.1) is 19.0 Å². The summed E-state index contributed by atoms with van der Waals surface area (Å²) in [5.74, 6) is 3.50. The number of nitriles is 1. The Labute approximate surface area is 165 Å². The Hall–Kier alpha value is -2.93. The van der Waals surface area contributed by atoms with Crippen molar-refractivity contribution in [3.63, 3.8) is 0 Å². The minimum Gasteiger partial charge on any atom is -0.494 e. The third kappa shape index (κ3) is 2.83. The standard InChI is InChI=1S/C18H18BN7OS/c1-25-22-13-7-12(8-15(27-2)16(13)23-25)17-24-26-9-14(21-18(26)28-17)11-3-5-19(10-20)6-4-11/h7-9,11H,3-6H2,1-2H3. The maximum atomic E-state index is 9.08. The van der Waals surface area contributed by atoms with Crippen LogP contribution in [0.4, 0.5) is 0 Å².